The molecule has 0 atom stereocenters. The Labute approximate surface area is 395 Å². The minimum absolute atomic E-state index is 0.00935. The van der Waals surface area contributed by atoms with Gasteiger partial charge in [0.25, 0.3) is 0 Å². The van der Waals surface area contributed by atoms with Crippen LogP contribution in [-0.2, 0) is 27.8 Å². The first-order chi connectivity index (χ1) is 29.3. The van der Waals surface area contributed by atoms with Crippen molar-refractivity contribution in [1.29, 1.82) is 0 Å². The second kappa shape index (κ2) is 22.2. The predicted molar refractivity (Wildman–Crippen MR) is 255 cm³/mol. The summed E-state index contributed by atoms with van der Waals surface area (Å²) in [5.74, 6) is -0.0637. The fraction of sp³-hybridized carbons (Fsp3) is 0.556. The van der Waals surface area contributed by atoms with Crippen LogP contribution < -0.4 is 4.74 Å². The zero-order chi connectivity index (χ0) is 50.2. The first kappa shape index (κ1) is 57.8. The molecule has 4 aromatic carbocycles. The van der Waals surface area contributed by atoms with E-state index in [2.05, 4.69) is 46.3 Å². The monoisotopic (exact) mass is 958 g/mol. The summed E-state index contributed by atoms with van der Waals surface area (Å²) in [6, 6.07) is 21.4. The maximum Gasteiger partial charge on any atom is 0.573 e. The first-order valence-corrected chi connectivity index (χ1v) is 23.0. The maximum atomic E-state index is 13.1. The van der Waals surface area contributed by atoms with Crippen LogP contribution in [0.15, 0.2) is 84.9 Å². The summed E-state index contributed by atoms with van der Waals surface area (Å²) in [4.78, 5) is 0. The SMILES string of the molecule is CC(C)(C)C1CCC2(CC1)CC2.CC(C)(C)c1c(Cl)cccc1Cl.CC(C)(C)c1c(F)cccc1F.CC(C)(C)c1ccccc1C(F)(F)F.CC(C)(C)c1ccccc1OC(F)(F)F. The third-order valence-electron chi connectivity index (χ3n) is 11.6. The second-order valence-corrected chi connectivity index (χ2v) is 23.2. The maximum absolute atomic E-state index is 13.1. The Morgan fingerprint density at radius 2 is 0.846 bits per heavy atom. The molecule has 4 aromatic rings. The number of halogens is 10. The molecular weight excluding hydrogens is 887 g/mol. The molecule has 1 nitrogen and oxygen atoms in total. The number of hydrogen-bond acceptors (Lipinski definition) is 1. The molecule has 2 aliphatic carbocycles. The first-order valence-electron chi connectivity index (χ1n) is 22.2. The van der Waals surface area contributed by atoms with Gasteiger partial charge in [-0.3, -0.25) is 0 Å². The lowest BCUT2D eigenvalue weighted by molar-refractivity contribution is -0.275. The Kier molecular flexibility index (Phi) is 19.8. The molecule has 11 heteroatoms. The molecule has 2 aliphatic rings. The molecule has 364 valence electrons. The zero-order valence-electron chi connectivity index (χ0n) is 41.1. The Morgan fingerprint density at radius 3 is 1.15 bits per heavy atom. The van der Waals surface area contributed by atoms with E-state index >= 15 is 0 Å². The van der Waals surface area contributed by atoms with E-state index in [0.29, 0.717) is 16.5 Å². The van der Waals surface area contributed by atoms with Gasteiger partial charge in [0.05, 0.1) is 5.56 Å². The molecule has 0 amide bonds. The molecular formula is C54H72Cl2F8O. The molecule has 0 saturated heterocycles. The number of alkyl halides is 6. The molecule has 2 fully saturated rings. The van der Waals surface area contributed by atoms with Crippen LogP contribution in [0.4, 0.5) is 35.1 Å². The van der Waals surface area contributed by atoms with Crippen molar-refractivity contribution in [2.75, 3.05) is 0 Å². The van der Waals surface area contributed by atoms with Crippen LogP contribution in [0.5, 0.6) is 5.75 Å². The van der Waals surface area contributed by atoms with E-state index in [-0.39, 0.29) is 22.1 Å². The molecule has 0 radical (unpaired) electrons. The van der Waals surface area contributed by atoms with Crippen LogP contribution in [0.1, 0.15) is 170 Å². The lowest BCUT2D eigenvalue weighted by Gasteiger charge is -2.37. The van der Waals surface area contributed by atoms with E-state index in [0.717, 1.165) is 33.0 Å². The van der Waals surface area contributed by atoms with Crippen molar-refractivity contribution < 1.29 is 39.9 Å². The average Bonchev–Trinajstić information content (AvgIpc) is 3.88. The van der Waals surface area contributed by atoms with Crippen molar-refractivity contribution in [3.8, 4) is 5.75 Å². The smallest absolute Gasteiger partial charge is 0.405 e. The number of benzene rings is 4. The van der Waals surface area contributed by atoms with Gasteiger partial charge in [0.15, 0.2) is 0 Å². The predicted octanol–water partition coefficient (Wildman–Crippen LogP) is 19.4. The summed E-state index contributed by atoms with van der Waals surface area (Å²) in [7, 11) is 0. The Balaban J connectivity index is 0.000000280. The van der Waals surface area contributed by atoms with Crippen LogP contribution in [0.2, 0.25) is 10.0 Å². The number of para-hydroxylation sites is 1. The largest absolute Gasteiger partial charge is 0.573 e. The highest BCUT2D eigenvalue weighted by Gasteiger charge is 2.46. The number of hydrogen-bond donors (Lipinski definition) is 0. The molecule has 6 rings (SSSR count). The van der Waals surface area contributed by atoms with E-state index in [4.69, 9.17) is 23.2 Å². The third kappa shape index (κ3) is 19.1. The summed E-state index contributed by atoms with van der Waals surface area (Å²) in [6.07, 6.45) is 0.274. The van der Waals surface area contributed by atoms with Gasteiger partial charge in [0, 0.05) is 15.6 Å². The normalized spacial score (nSPS) is 15.5. The van der Waals surface area contributed by atoms with E-state index in [1.54, 1.807) is 72.6 Å². The number of ether oxygens (including phenoxy) is 1. The summed E-state index contributed by atoms with van der Waals surface area (Å²) in [5, 5.41) is 1.49. The van der Waals surface area contributed by atoms with Crippen molar-refractivity contribution in [2.45, 2.75) is 177 Å². The van der Waals surface area contributed by atoms with Gasteiger partial charge in [0.2, 0.25) is 0 Å². The molecule has 65 heavy (non-hydrogen) atoms. The van der Waals surface area contributed by atoms with Crippen molar-refractivity contribution in [3.63, 3.8) is 0 Å². The van der Waals surface area contributed by atoms with Gasteiger partial charge in [-0.15, -0.1) is 13.2 Å². The van der Waals surface area contributed by atoms with Gasteiger partial charge < -0.3 is 4.74 Å². The standard InChI is InChI=1S/C12H22.C11H13F3O.C11H13F3.C10H12Cl2.C10H12F2/c1-11(2,3)10-4-6-12(7-5-10)8-9-12;1-10(2,3)8-6-4-5-7-9(8)15-11(12,13)14;1-10(2,3)8-6-4-5-7-9(8)11(12,13)14;2*1-10(2,3)9-7(11)5-4-6-8(9)12/h10H,4-9H2,1-3H3;4-7H,1-3H3;4-7H,1-3H3;2*4-6H,1-3H3. The van der Waals surface area contributed by atoms with Gasteiger partial charge in [-0.05, 0) is 130 Å². The van der Waals surface area contributed by atoms with Gasteiger partial charge in [-0.1, -0.05) is 176 Å². The van der Waals surface area contributed by atoms with Crippen LogP contribution in [0.25, 0.3) is 0 Å². The molecule has 0 N–H and O–H groups in total. The van der Waals surface area contributed by atoms with E-state index < -0.39 is 40.6 Å². The van der Waals surface area contributed by atoms with Gasteiger partial charge in [-0.2, -0.15) is 13.2 Å². The summed E-state index contributed by atoms with van der Waals surface area (Å²) in [5.41, 5.74) is 1.65. The van der Waals surface area contributed by atoms with Crippen LogP contribution >= 0.6 is 23.2 Å². The summed E-state index contributed by atoms with van der Waals surface area (Å²) in [6.45, 7) is 29.7. The molecule has 0 aromatic heterocycles. The molecule has 1 spiro atoms. The summed E-state index contributed by atoms with van der Waals surface area (Å²) < 4.78 is 104. The molecule has 0 bridgehead atoms. The Bertz CT molecular complexity index is 1960. The highest BCUT2D eigenvalue weighted by atomic mass is 35.5. The average molecular weight is 960 g/mol. The Morgan fingerprint density at radius 1 is 0.462 bits per heavy atom. The van der Waals surface area contributed by atoms with Gasteiger partial charge in [0.1, 0.15) is 17.4 Å². The fourth-order valence-corrected chi connectivity index (χ4v) is 8.85. The topological polar surface area (TPSA) is 9.23 Å². The van der Waals surface area contributed by atoms with Crippen molar-refractivity contribution in [1.82, 2.24) is 0 Å². The second-order valence-electron chi connectivity index (χ2n) is 22.4. The quantitative estimate of drug-likeness (QED) is 0.173. The van der Waals surface area contributed by atoms with Gasteiger partial charge >= 0.3 is 12.5 Å². The zero-order valence-corrected chi connectivity index (χ0v) is 42.6. The number of rotatable bonds is 1. The van der Waals surface area contributed by atoms with Crippen LogP contribution in [-0.4, -0.2) is 6.36 Å². The van der Waals surface area contributed by atoms with E-state index in [1.807, 2.05) is 39.0 Å². The van der Waals surface area contributed by atoms with E-state index in [1.165, 1.54) is 68.1 Å². The van der Waals surface area contributed by atoms with Crippen LogP contribution in [0.3, 0.4) is 0 Å². The molecule has 0 heterocycles. The third-order valence-corrected chi connectivity index (χ3v) is 12.2. The fourth-order valence-electron chi connectivity index (χ4n) is 7.89. The lowest BCUT2D eigenvalue weighted by atomic mass is 9.69. The van der Waals surface area contributed by atoms with E-state index in [9.17, 15) is 35.1 Å². The Hall–Kier alpha value is -3.30. The molecule has 2 saturated carbocycles. The minimum Gasteiger partial charge on any atom is -0.405 e. The molecule has 0 unspecified atom stereocenters. The minimum atomic E-state index is -4.64. The van der Waals surface area contributed by atoms with Crippen molar-refractivity contribution in [2.24, 2.45) is 16.7 Å². The lowest BCUT2D eigenvalue weighted by Crippen LogP contribution is -2.26. The highest BCUT2D eigenvalue weighted by Crippen LogP contribution is 2.59. The molecule has 0 aliphatic heterocycles. The van der Waals surface area contributed by atoms with Crippen LogP contribution in [0, 0.1) is 28.4 Å². The van der Waals surface area contributed by atoms with Crippen molar-refractivity contribution >= 4 is 23.2 Å². The van der Waals surface area contributed by atoms with Gasteiger partial charge in [-0.25, -0.2) is 8.78 Å². The van der Waals surface area contributed by atoms with Crippen molar-refractivity contribution in [3.05, 3.63) is 134 Å². The highest BCUT2D eigenvalue weighted by molar-refractivity contribution is 6.36. The summed E-state index contributed by atoms with van der Waals surface area (Å²) >= 11 is 12.1.